The summed E-state index contributed by atoms with van der Waals surface area (Å²) in [5.41, 5.74) is 4.79. The van der Waals surface area contributed by atoms with Gasteiger partial charge in [-0.1, -0.05) is 19.9 Å². The fraction of sp³-hybridized carbons (Fsp3) is 0.471. The number of aromatic nitrogens is 1. The van der Waals surface area contributed by atoms with Gasteiger partial charge in [-0.25, -0.2) is 4.98 Å². The zero-order valence-electron chi connectivity index (χ0n) is 13.5. The lowest BCUT2D eigenvalue weighted by Crippen LogP contribution is -2.21. The quantitative estimate of drug-likeness (QED) is 0.870. The van der Waals surface area contributed by atoms with Crippen LogP contribution in [0.4, 0.5) is 0 Å². The highest BCUT2D eigenvalue weighted by Crippen LogP contribution is 2.24. The molecule has 0 saturated carbocycles. The Kier molecular flexibility index (Phi) is 5.37. The van der Waals surface area contributed by atoms with Crippen LogP contribution in [0.25, 0.3) is 0 Å². The van der Waals surface area contributed by atoms with Crippen molar-refractivity contribution in [2.75, 3.05) is 0 Å². The average molecular weight is 304 g/mol. The largest absolute Gasteiger partial charge is 0.486 e. The fourth-order valence-electron chi connectivity index (χ4n) is 2.10. The molecule has 1 aromatic heterocycles. The Bertz CT molecular complexity index is 605. The smallest absolute Gasteiger partial charge is 0.140 e. The first kappa shape index (κ1) is 16.0. The van der Waals surface area contributed by atoms with Crippen molar-refractivity contribution in [2.24, 2.45) is 0 Å². The van der Waals surface area contributed by atoms with Gasteiger partial charge in [0, 0.05) is 18.0 Å². The molecule has 0 aliphatic carbocycles. The molecule has 0 unspecified atom stereocenters. The lowest BCUT2D eigenvalue weighted by Gasteiger charge is -2.11. The van der Waals surface area contributed by atoms with Crippen LogP contribution in [-0.4, -0.2) is 11.0 Å². The van der Waals surface area contributed by atoms with Crippen molar-refractivity contribution in [3.8, 4) is 5.75 Å². The molecule has 2 aromatic rings. The van der Waals surface area contributed by atoms with Gasteiger partial charge in [0.05, 0.1) is 5.69 Å². The summed E-state index contributed by atoms with van der Waals surface area (Å²) in [6.45, 7) is 11.9. The molecule has 0 spiro atoms. The normalized spacial score (nSPS) is 11.1. The average Bonchev–Trinajstić information content (AvgIpc) is 2.87. The first-order chi connectivity index (χ1) is 9.95. The third-order valence-electron chi connectivity index (χ3n) is 3.41. The van der Waals surface area contributed by atoms with E-state index >= 15 is 0 Å². The summed E-state index contributed by atoms with van der Waals surface area (Å²) in [5.74, 6) is 0.963. The summed E-state index contributed by atoms with van der Waals surface area (Å²) in [5, 5.41) is 6.50. The van der Waals surface area contributed by atoms with Crippen LogP contribution in [0.1, 0.15) is 41.2 Å². The highest BCUT2D eigenvalue weighted by Gasteiger charge is 2.07. The molecule has 114 valence electrons. The van der Waals surface area contributed by atoms with Gasteiger partial charge in [0.2, 0.25) is 0 Å². The van der Waals surface area contributed by atoms with Gasteiger partial charge >= 0.3 is 0 Å². The maximum atomic E-state index is 5.95. The van der Waals surface area contributed by atoms with Crippen LogP contribution in [0, 0.1) is 20.8 Å². The maximum Gasteiger partial charge on any atom is 0.140 e. The van der Waals surface area contributed by atoms with Gasteiger partial charge in [0.1, 0.15) is 17.4 Å². The van der Waals surface area contributed by atoms with Gasteiger partial charge in [-0.3, -0.25) is 0 Å². The lowest BCUT2D eigenvalue weighted by atomic mass is 10.1. The van der Waals surface area contributed by atoms with Crippen LogP contribution >= 0.6 is 11.3 Å². The molecule has 0 atom stereocenters. The number of nitrogens with one attached hydrogen (secondary N) is 1. The Hall–Kier alpha value is -1.39. The highest BCUT2D eigenvalue weighted by molar-refractivity contribution is 7.09. The van der Waals surface area contributed by atoms with E-state index in [-0.39, 0.29) is 0 Å². The minimum atomic E-state index is 0.476. The molecule has 0 saturated heterocycles. The monoisotopic (exact) mass is 304 g/mol. The minimum Gasteiger partial charge on any atom is -0.486 e. The van der Waals surface area contributed by atoms with E-state index in [0.717, 1.165) is 23.0 Å². The summed E-state index contributed by atoms with van der Waals surface area (Å²) in [6.07, 6.45) is 0. The van der Waals surface area contributed by atoms with Crippen LogP contribution in [0.15, 0.2) is 17.5 Å². The topological polar surface area (TPSA) is 34.1 Å². The number of ether oxygens (including phenoxy) is 1. The number of benzene rings is 1. The Labute approximate surface area is 131 Å². The molecule has 0 amide bonds. The number of hydrogen-bond acceptors (Lipinski definition) is 4. The Morgan fingerprint density at radius 1 is 1.24 bits per heavy atom. The molecule has 21 heavy (non-hydrogen) atoms. The number of hydrogen-bond donors (Lipinski definition) is 1. The van der Waals surface area contributed by atoms with E-state index in [9.17, 15) is 0 Å². The van der Waals surface area contributed by atoms with Gasteiger partial charge < -0.3 is 10.1 Å². The van der Waals surface area contributed by atoms with Crippen molar-refractivity contribution in [3.05, 3.63) is 44.9 Å². The SMILES string of the molecule is Cc1cc(C)c(C)c(OCc2nc(CNC(C)C)cs2)c1. The molecule has 0 bridgehead atoms. The first-order valence-electron chi connectivity index (χ1n) is 7.33. The molecule has 2 rings (SSSR count). The third kappa shape index (κ3) is 4.55. The molecule has 0 radical (unpaired) electrons. The Balaban J connectivity index is 1.97. The number of aryl methyl sites for hydroxylation is 2. The molecule has 1 heterocycles. The molecule has 3 nitrogen and oxygen atoms in total. The third-order valence-corrected chi connectivity index (χ3v) is 4.28. The van der Waals surface area contributed by atoms with Crippen LogP contribution in [0.2, 0.25) is 0 Å². The number of rotatable bonds is 6. The van der Waals surface area contributed by atoms with E-state index in [4.69, 9.17) is 4.74 Å². The first-order valence-corrected chi connectivity index (χ1v) is 8.21. The molecule has 1 N–H and O–H groups in total. The van der Waals surface area contributed by atoms with E-state index < -0.39 is 0 Å². The fourth-order valence-corrected chi connectivity index (χ4v) is 2.80. The zero-order chi connectivity index (χ0) is 15.4. The highest BCUT2D eigenvalue weighted by atomic mass is 32.1. The van der Waals surface area contributed by atoms with Gasteiger partial charge in [-0.05, 0) is 43.5 Å². The van der Waals surface area contributed by atoms with E-state index in [1.54, 1.807) is 11.3 Å². The number of thiazole rings is 1. The second-order valence-electron chi connectivity index (χ2n) is 5.76. The van der Waals surface area contributed by atoms with Crippen LogP contribution in [0.3, 0.4) is 0 Å². The van der Waals surface area contributed by atoms with Crippen LogP contribution in [0.5, 0.6) is 5.75 Å². The summed E-state index contributed by atoms with van der Waals surface area (Å²) < 4.78 is 5.95. The minimum absolute atomic E-state index is 0.476. The van der Waals surface area contributed by atoms with E-state index in [0.29, 0.717) is 12.6 Å². The molecular weight excluding hydrogens is 280 g/mol. The lowest BCUT2D eigenvalue weighted by molar-refractivity contribution is 0.302. The summed E-state index contributed by atoms with van der Waals surface area (Å²) >= 11 is 1.66. The molecule has 4 heteroatoms. The molecule has 0 fully saturated rings. The van der Waals surface area contributed by atoms with Gasteiger partial charge in [-0.15, -0.1) is 11.3 Å². The molecule has 1 aromatic carbocycles. The van der Waals surface area contributed by atoms with Crippen molar-refractivity contribution in [2.45, 2.75) is 53.8 Å². The Morgan fingerprint density at radius 3 is 2.71 bits per heavy atom. The predicted octanol–water partition coefficient (Wildman–Crippen LogP) is 4.15. The summed E-state index contributed by atoms with van der Waals surface area (Å²) in [6, 6.07) is 4.75. The zero-order valence-corrected chi connectivity index (χ0v) is 14.3. The summed E-state index contributed by atoms with van der Waals surface area (Å²) in [4.78, 5) is 4.60. The van der Waals surface area contributed by atoms with Gasteiger partial charge in [-0.2, -0.15) is 0 Å². The molecule has 0 aliphatic rings. The maximum absolute atomic E-state index is 5.95. The number of nitrogens with zero attached hydrogens (tertiary/aromatic N) is 1. The Morgan fingerprint density at radius 2 is 2.00 bits per heavy atom. The van der Waals surface area contributed by atoms with Crippen molar-refractivity contribution < 1.29 is 4.74 Å². The van der Waals surface area contributed by atoms with Crippen LogP contribution < -0.4 is 10.1 Å². The van der Waals surface area contributed by atoms with Gasteiger partial charge in [0.15, 0.2) is 0 Å². The summed E-state index contributed by atoms with van der Waals surface area (Å²) in [7, 11) is 0. The van der Waals surface area contributed by atoms with Crippen molar-refractivity contribution >= 4 is 11.3 Å². The van der Waals surface area contributed by atoms with Crippen molar-refractivity contribution in [1.29, 1.82) is 0 Å². The molecule has 0 aliphatic heterocycles. The van der Waals surface area contributed by atoms with Crippen molar-refractivity contribution in [1.82, 2.24) is 10.3 Å². The second kappa shape index (κ2) is 7.05. The van der Waals surface area contributed by atoms with Gasteiger partial charge in [0.25, 0.3) is 0 Å². The van der Waals surface area contributed by atoms with Crippen molar-refractivity contribution in [3.63, 3.8) is 0 Å². The van der Waals surface area contributed by atoms with Crippen LogP contribution in [-0.2, 0) is 13.2 Å². The standard InChI is InChI=1S/C17H24N2OS/c1-11(2)18-8-15-10-21-17(19-15)9-20-16-7-12(3)6-13(4)14(16)5/h6-7,10-11,18H,8-9H2,1-5H3. The second-order valence-corrected chi connectivity index (χ2v) is 6.70. The van der Waals surface area contributed by atoms with E-state index in [1.165, 1.54) is 16.7 Å². The van der Waals surface area contributed by atoms with E-state index in [1.807, 2.05) is 0 Å². The predicted molar refractivity (Wildman–Crippen MR) is 89.1 cm³/mol. The van der Waals surface area contributed by atoms with E-state index in [2.05, 4.69) is 62.4 Å². The molecular formula is C17H24N2OS.